The van der Waals surface area contributed by atoms with Gasteiger partial charge < -0.3 is 10.2 Å². The van der Waals surface area contributed by atoms with E-state index in [1.807, 2.05) is 0 Å². The Kier molecular flexibility index (Phi) is 2.71. The molecule has 1 aromatic rings. The SMILES string of the molecule is OC(c1c(F)cccc1F)C(O)C1CC1. The zero-order chi connectivity index (χ0) is 11.0. The molecule has 0 heterocycles. The first-order valence-electron chi connectivity index (χ1n) is 4.91. The fourth-order valence-electron chi connectivity index (χ4n) is 1.66. The molecule has 0 bridgehead atoms. The van der Waals surface area contributed by atoms with Crippen molar-refractivity contribution in [1.29, 1.82) is 0 Å². The lowest BCUT2D eigenvalue weighted by atomic mass is 10.0. The maximum Gasteiger partial charge on any atom is 0.132 e. The van der Waals surface area contributed by atoms with Crippen LogP contribution in [-0.4, -0.2) is 16.3 Å². The van der Waals surface area contributed by atoms with Crippen LogP contribution in [0.5, 0.6) is 0 Å². The van der Waals surface area contributed by atoms with Crippen LogP contribution >= 0.6 is 0 Å². The minimum absolute atomic E-state index is 0.0287. The Morgan fingerprint density at radius 1 is 1.13 bits per heavy atom. The van der Waals surface area contributed by atoms with Gasteiger partial charge in [0.15, 0.2) is 0 Å². The first-order valence-corrected chi connectivity index (χ1v) is 4.91. The van der Waals surface area contributed by atoms with Crippen molar-refractivity contribution < 1.29 is 19.0 Å². The molecule has 0 amide bonds. The fraction of sp³-hybridized carbons (Fsp3) is 0.455. The highest BCUT2D eigenvalue weighted by molar-refractivity contribution is 5.23. The van der Waals surface area contributed by atoms with Gasteiger partial charge in [-0.1, -0.05) is 6.07 Å². The van der Waals surface area contributed by atoms with Crippen molar-refractivity contribution in [1.82, 2.24) is 0 Å². The first kappa shape index (κ1) is 10.5. The third-order valence-corrected chi connectivity index (χ3v) is 2.72. The Labute approximate surface area is 86.2 Å². The maximum absolute atomic E-state index is 13.2. The summed E-state index contributed by atoms with van der Waals surface area (Å²) in [4.78, 5) is 0. The van der Waals surface area contributed by atoms with E-state index in [9.17, 15) is 19.0 Å². The highest BCUT2D eigenvalue weighted by Crippen LogP contribution is 2.38. The van der Waals surface area contributed by atoms with Crippen LogP contribution in [0.25, 0.3) is 0 Å². The van der Waals surface area contributed by atoms with Gasteiger partial charge in [-0.15, -0.1) is 0 Å². The number of benzene rings is 1. The van der Waals surface area contributed by atoms with Gasteiger partial charge in [0.2, 0.25) is 0 Å². The van der Waals surface area contributed by atoms with Crippen molar-refractivity contribution in [3.63, 3.8) is 0 Å². The van der Waals surface area contributed by atoms with Crippen LogP contribution in [0.15, 0.2) is 18.2 Å². The van der Waals surface area contributed by atoms with Gasteiger partial charge in [0.25, 0.3) is 0 Å². The van der Waals surface area contributed by atoms with E-state index in [-0.39, 0.29) is 5.92 Å². The molecule has 1 aromatic carbocycles. The van der Waals surface area contributed by atoms with Crippen LogP contribution in [0.2, 0.25) is 0 Å². The molecule has 0 radical (unpaired) electrons. The highest BCUT2D eigenvalue weighted by Gasteiger charge is 2.37. The molecule has 2 N–H and O–H groups in total. The van der Waals surface area contributed by atoms with Crippen LogP contribution < -0.4 is 0 Å². The summed E-state index contributed by atoms with van der Waals surface area (Å²) in [6.45, 7) is 0. The van der Waals surface area contributed by atoms with E-state index in [1.165, 1.54) is 6.07 Å². The van der Waals surface area contributed by atoms with Crippen LogP contribution in [0.4, 0.5) is 8.78 Å². The Bertz CT molecular complexity index is 343. The topological polar surface area (TPSA) is 40.5 Å². The molecule has 1 saturated carbocycles. The van der Waals surface area contributed by atoms with Crippen LogP contribution in [0.3, 0.4) is 0 Å². The van der Waals surface area contributed by atoms with Gasteiger partial charge >= 0.3 is 0 Å². The fourth-order valence-corrected chi connectivity index (χ4v) is 1.66. The van der Waals surface area contributed by atoms with Crippen molar-refractivity contribution >= 4 is 0 Å². The smallest absolute Gasteiger partial charge is 0.132 e. The number of aliphatic hydroxyl groups is 2. The lowest BCUT2D eigenvalue weighted by Crippen LogP contribution is -2.22. The van der Waals surface area contributed by atoms with Gasteiger partial charge in [0.1, 0.15) is 17.7 Å². The summed E-state index contributed by atoms with van der Waals surface area (Å²) >= 11 is 0. The summed E-state index contributed by atoms with van der Waals surface area (Å²) in [6.07, 6.45) is -0.946. The summed E-state index contributed by atoms with van der Waals surface area (Å²) in [7, 11) is 0. The molecule has 1 aliphatic carbocycles. The van der Waals surface area contributed by atoms with Crippen molar-refractivity contribution in [2.45, 2.75) is 25.0 Å². The van der Waals surface area contributed by atoms with Gasteiger partial charge in [-0.05, 0) is 30.9 Å². The molecular weight excluding hydrogens is 202 g/mol. The second-order valence-electron chi connectivity index (χ2n) is 3.91. The second-order valence-corrected chi connectivity index (χ2v) is 3.91. The van der Waals surface area contributed by atoms with Crippen LogP contribution in [0, 0.1) is 17.6 Å². The molecule has 0 aromatic heterocycles. The number of halogens is 2. The lowest BCUT2D eigenvalue weighted by Gasteiger charge is -2.18. The van der Waals surface area contributed by atoms with E-state index in [4.69, 9.17) is 0 Å². The van der Waals surface area contributed by atoms with Crippen molar-refractivity contribution in [3.05, 3.63) is 35.4 Å². The van der Waals surface area contributed by atoms with E-state index < -0.39 is 29.4 Å². The lowest BCUT2D eigenvalue weighted by molar-refractivity contribution is 0.000837. The zero-order valence-electron chi connectivity index (χ0n) is 8.03. The largest absolute Gasteiger partial charge is 0.390 e. The van der Waals surface area contributed by atoms with Crippen molar-refractivity contribution in [2.75, 3.05) is 0 Å². The second kappa shape index (κ2) is 3.87. The quantitative estimate of drug-likeness (QED) is 0.805. The molecule has 0 aliphatic heterocycles. The van der Waals surface area contributed by atoms with Gasteiger partial charge in [-0.2, -0.15) is 0 Å². The molecule has 1 aliphatic rings. The standard InChI is InChI=1S/C11H12F2O2/c12-7-2-1-3-8(13)9(7)11(15)10(14)6-4-5-6/h1-3,6,10-11,14-15H,4-5H2. The van der Waals surface area contributed by atoms with Crippen LogP contribution in [-0.2, 0) is 0 Å². The molecule has 0 spiro atoms. The minimum Gasteiger partial charge on any atom is -0.390 e. The van der Waals surface area contributed by atoms with Crippen molar-refractivity contribution in [3.8, 4) is 0 Å². The van der Waals surface area contributed by atoms with Crippen LogP contribution in [0.1, 0.15) is 24.5 Å². The minimum atomic E-state index is -1.47. The average molecular weight is 214 g/mol. The maximum atomic E-state index is 13.2. The molecule has 82 valence electrons. The zero-order valence-corrected chi connectivity index (χ0v) is 8.03. The monoisotopic (exact) mass is 214 g/mol. The Hall–Kier alpha value is -1.00. The molecule has 15 heavy (non-hydrogen) atoms. The van der Waals surface area contributed by atoms with E-state index in [2.05, 4.69) is 0 Å². The molecule has 2 unspecified atom stereocenters. The summed E-state index contributed by atoms with van der Waals surface area (Å²) < 4.78 is 26.5. The summed E-state index contributed by atoms with van der Waals surface area (Å²) in [5.41, 5.74) is -0.433. The van der Waals surface area contributed by atoms with E-state index in [0.29, 0.717) is 0 Å². The number of hydrogen-bond donors (Lipinski definition) is 2. The molecule has 2 nitrogen and oxygen atoms in total. The first-order chi connectivity index (χ1) is 7.11. The average Bonchev–Trinajstić information content (AvgIpc) is 2.99. The molecular formula is C11H12F2O2. The Morgan fingerprint density at radius 2 is 1.67 bits per heavy atom. The Balaban J connectivity index is 2.27. The third kappa shape index (κ3) is 2.01. The normalized spacial score (nSPS) is 20.0. The molecule has 4 heteroatoms. The van der Waals surface area contributed by atoms with E-state index >= 15 is 0 Å². The van der Waals surface area contributed by atoms with Gasteiger partial charge in [-0.3, -0.25) is 0 Å². The van der Waals surface area contributed by atoms with E-state index in [0.717, 1.165) is 25.0 Å². The molecule has 1 fully saturated rings. The number of aliphatic hydroxyl groups excluding tert-OH is 2. The number of rotatable bonds is 3. The summed E-state index contributed by atoms with van der Waals surface area (Å²) in [5, 5.41) is 19.2. The van der Waals surface area contributed by atoms with Gasteiger partial charge in [0.05, 0.1) is 11.7 Å². The third-order valence-electron chi connectivity index (χ3n) is 2.72. The molecule has 2 atom stereocenters. The van der Waals surface area contributed by atoms with E-state index in [1.54, 1.807) is 0 Å². The summed E-state index contributed by atoms with van der Waals surface area (Å²) in [5.74, 6) is -1.66. The number of hydrogen-bond acceptors (Lipinski definition) is 2. The predicted molar refractivity (Wildman–Crippen MR) is 50.0 cm³/mol. The molecule has 2 rings (SSSR count). The highest BCUT2D eigenvalue weighted by atomic mass is 19.1. The molecule has 0 saturated heterocycles. The Morgan fingerprint density at radius 3 is 2.13 bits per heavy atom. The predicted octanol–water partition coefficient (Wildman–Crippen LogP) is 1.77. The van der Waals surface area contributed by atoms with Crippen molar-refractivity contribution in [2.24, 2.45) is 5.92 Å². The summed E-state index contributed by atoms with van der Waals surface area (Å²) in [6, 6.07) is 3.37. The van der Waals surface area contributed by atoms with Gasteiger partial charge in [-0.25, -0.2) is 8.78 Å². The van der Waals surface area contributed by atoms with Gasteiger partial charge in [0, 0.05) is 0 Å².